The largest absolute Gasteiger partial charge is 0.493 e. The quantitative estimate of drug-likeness (QED) is 0.551. The molecule has 0 spiro atoms. The molecule has 1 fully saturated rings. The van der Waals surface area contributed by atoms with Crippen LogP contribution in [0.15, 0.2) is 48.5 Å². The molecule has 0 bridgehead atoms. The number of aromatic amines is 1. The third kappa shape index (κ3) is 5.65. The van der Waals surface area contributed by atoms with Crippen molar-refractivity contribution in [2.75, 3.05) is 31.6 Å². The second-order valence-corrected chi connectivity index (χ2v) is 9.02. The van der Waals surface area contributed by atoms with Gasteiger partial charge in [0.15, 0.2) is 5.82 Å². The number of H-pyrrole nitrogens is 1. The SMILES string of the molecule is CC(C)COc1ccc(-c2nnc(N(Cc3ccc(F)cc3)C3CCN(C)CC3)[nH]2)cc1. The molecule has 0 amide bonds. The first-order chi connectivity index (χ1) is 15.5. The molecule has 0 saturated carbocycles. The Morgan fingerprint density at radius 3 is 2.41 bits per heavy atom. The van der Waals surface area contributed by atoms with Gasteiger partial charge in [-0.15, -0.1) is 10.2 Å². The molecule has 0 aliphatic carbocycles. The van der Waals surface area contributed by atoms with Crippen molar-refractivity contribution in [1.29, 1.82) is 0 Å². The lowest BCUT2D eigenvalue weighted by Crippen LogP contribution is -2.44. The van der Waals surface area contributed by atoms with Gasteiger partial charge in [-0.05, 0) is 80.9 Å². The molecular weight excluding hydrogens is 405 g/mol. The first-order valence-corrected chi connectivity index (χ1v) is 11.3. The lowest BCUT2D eigenvalue weighted by molar-refractivity contribution is 0.248. The summed E-state index contributed by atoms with van der Waals surface area (Å²) < 4.78 is 19.2. The first-order valence-electron chi connectivity index (χ1n) is 11.3. The normalized spacial score (nSPS) is 15.3. The van der Waals surface area contributed by atoms with Crippen LogP contribution in [0.4, 0.5) is 10.3 Å². The maximum absolute atomic E-state index is 13.4. The zero-order valence-electron chi connectivity index (χ0n) is 19.1. The number of nitrogens with zero attached hydrogens (tertiary/aromatic N) is 4. The van der Waals surface area contributed by atoms with E-state index in [0.29, 0.717) is 25.1 Å². The highest BCUT2D eigenvalue weighted by molar-refractivity contribution is 5.57. The summed E-state index contributed by atoms with van der Waals surface area (Å²) in [6.45, 7) is 7.71. The topological polar surface area (TPSA) is 57.3 Å². The van der Waals surface area contributed by atoms with Gasteiger partial charge in [0.05, 0.1) is 6.61 Å². The van der Waals surface area contributed by atoms with Crippen molar-refractivity contribution in [2.45, 2.75) is 39.3 Å². The number of ether oxygens (including phenoxy) is 1. The average Bonchev–Trinajstić information content (AvgIpc) is 3.28. The molecule has 4 rings (SSSR count). The molecule has 2 aromatic carbocycles. The number of hydrogen-bond acceptors (Lipinski definition) is 5. The molecule has 0 atom stereocenters. The zero-order valence-corrected chi connectivity index (χ0v) is 19.1. The van der Waals surface area contributed by atoms with Gasteiger partial charge in [-0.3, -0.25) is 0 Å². The van der Waals surface area contributed by atoms with Crippen LogP contribution in [0.1, 0.15) is 32.3 Å². The number of aromatic nitrogens is 3. The van der Waals surface area contributed by atoms with E-state index >= 15 is 0 Å². The van der Waals surface area contributed by atoms with Crippen molar-refractivity contribution in [1.82, 2.24) is 20.1 Å². The van der Waals surface area contributed by atoms with Crippen LogP contribution in [0.2, 0.25) is 0 Å². The highest BCUT2D eigenvalue weighted by Crippen LogP contribution is 2.26. The fourth-order valence-corrected chi connectivity index (χ4v) is 3.95. The number of hydrogen-bond donors (Lipinski definition) is 1. The molecule has 3 aromatic rings. The van der Waals surface area contributed by atoms with Crippen LogP contribution in [-0.2, 0) is 6.54 Å². The third-order valence-electron chi connectivity index (χ3n) is 5.85. The van der Waals surface area contributed by atoms with Gasteiger partial charge in [-0.1, -0.05) is 26.0 Å². The maximum Gasteiger partial charge on any atom is 0.225 e. The van der Waals surface area contributed by atoms with Crippen LogP contribution in [0.5, 0.6) is 5.75 Å². The Bertz CT molecular complexity index is 978. The third-order valence-corrected chi connectivity index (χ3v) is 5.85. The van der Waals surface area contributed by atoms with Crippen molar-refractivity contribution in [3.63, 3.8) is 0 Å². The Morgan fingerprint density at radius 1 is 1.06 bits per heavy atom. The smallest absolute Gasteiger partial charge is 0.225 e. The van der Waals surface area contributed by atoms with E-state index in [4.69, 9.17) is 4.74 Å². The lowest BCUT2D eigenvalue weighted by atomic mass is 10.0. The van der Waals surface area contributed by atoms with Crippen molar-refractivity contribution in [2.24, 2.45) is 5.92 Å². The summed E-state index contributed by atoms with van der Waals surface area (Å²) in [4.78, 5) is 8.04. The van der Waals surface area contributed by atoms with Gasteiger partial charge >= 0.3 is 0 Å². The minimum atomic E-state index is -0.220. The van der Waals surface area contributed by atoms with E-state index in [2.05, 4.69) is 45.9 Å². The van der Waals surface area contributed by atoms with Crippen molar-refractivity contribution in [3.05, 3.63) is 59.9 Å². The van der Waals surface area contributed by atoms with Crippen molar-refractivity contribution >= 4 is 5.95 Å². The Kier molecular flexibility index (Phi) is 7.05. The molecular formula is C25H32FN5O. The summed E-state index contributed by atoms with van der Waals surface area (Å²) in [5, 5.41) is 8.90. The number of nitrogens with one attached hydrogen (secondary N) is 1. The summed E-state index contributed by atoms with van der Waals surface area (Å²) in [6.07, 6.45) is 2.10. The van der Waals surface area contributed by atoms with E-state index in [1.807, 2.05) is 36.4 Å². The highest BCUT2D eigenvalue weighted by atomic mass is 19.1. The molecule has 1 aliphatic rings. The number of anilines is 1. The fraction of sp³-hybridized carbons (Fsp3) is 0.440. The molecule has 6 nitrogen and oxygen atoms in total. The maximum atomic E-state index is 13.4. The van der Waals surface area contributed by atoms with Crippen LogP contribution >= 0.6 is 0 Å². The molecule has 2 heterocycles. The Balaban J connectivity index is 1.53. The number of halogens is 1. The molecule has 0 unspecified atom stereocenters. The van der Waals surface area contributed by atoms with Crippen molar-refractivity contribution < 1.29 is 9.13 Å². The number of likely N-dealkylation sites (tertiary alicyclic amines) is 1. The van der Waals surface area contributed by atoms with Crippen LogP contribution in [0.25, 0.3) is 11.4 Å². The predicted octanol–water partition coefficient (Wildman–Crippen LogP) is 4.75. The summed E-state index contributed by atoms with van der Waals surface area (Å²) >= 11 is 0. The van der Waals surface area contributed by atoms with Gasteiger partial charge in [0, 0.05) is 18.2 Å². The predicted molar refractivity (Wildman–Crippen MR) is 125 cm³/mol. The molecule has 7 heteroatoms. The molecule has 0 radical (unpaired) electrons. The van der Waals surface area contributed by atoms with Crippen LogP contribution in [0.3, 0.4) is 0 Å². The number of piperidine rings is 1. The minimum absolute atomic E-state index is 0.220. The average molecular weight is 438 g/mol. The monoisotopic (exact) mass is 437 g/mol. The molecule has 32 heavy (non-hydrogen) atoms. The van der Waals surface area contributed by atoms with Crippen LogP contribution < -0.4 is 9.64 Å². The van der Waals surface area contributed by atoms with E-state index in [-0.39, 0.29) is 5.82 Å². The van der Waals surface area contributed by atoms with Crippen LogP contribution in [0, 0.1) is 11.7 Å². The van der Waals surface area contributed by atoms with Crippen LogP contribution in [-0.4, -0.2) is 52.9 Å². The highest BCUT2D eigenvalue weighted by Gasteiger charge is 2.26. The minimum Gasteiger partial charge on any atom is -0.493 e. The van der Waals surface area contributed by atoms with E-state index < -0.39 is 0 Å². The Labute approximate surface area is 189 Å². The molecule has 1 N–H and O–H groups in total. The summed E-state index contributed by atoms with van der Waals surface area (Å²) in [5.41, 5.74) is 2.01. The zero-order chi connectivity index (χ0) is 22.5. The van der Waals surface area contributed by atoms with E-state index in [1.54, 1.807) is 0 Å². The van der Waals surface area contributed by atoms with E-state index in [0.717, 1.165) is 54.6 Å². The summed E-state index contributed by atoms with van der Waals surface area (Å²) in [7, 11) is 2.15. The van der Waals surface area contributed by atoms with Gasteiger partial charge in [-0.25, -0.2) is 4.39 Å². The van der Waals surface area contributed by atoms with Gasteiger partial charge in [0.2, 0.25) is 5.95 Å². The first kappa shape index (κ1) is 22.3. The molecule has 1 aromatic heterocycles. The van der Waals surface area contributed by atoms with E-state index in [1.165, 1.54) is 12.1 Å². The lowest BCUT2D eigenvalue weighted by Gasteiger charge is -2.37. The van der Waals surface area contributed by atoms with Gasteiger partial charge in [0.25, 0.3) is 0 Å². The molecule has 170 valence electrons. The molecule has 1 saturated heterocycles. The van der Waals surface area contributed by atoms with Gasteiger partial charge in [-0.2, -0.15) is 0 Å². The molecule has 1 aliphatic heterocycles. The Morgan fingerprint density at radius 2 is 1.75 bits per heavy atom. The van der Waals surface area contributed by atoms with Gasteiger partial charge < -0.3 is 19.5 Å². The number of rotatable bonds is 8. The summed E-state index contributed by atoms with van der Waals surface area (Å²) in [6, 6.07) is 15.0. The number of benzene rings is 2. The Hall–Kier alpha value is -2.93. The fourth-order valence-electron chi connectivity index (χ4n) is 3.95. The standard InChI is InChI=1S/C25H32FN5O/c1-18(2)17-32-23-10-6-20(7-11-23)24-27-25(29-28-24)31(22-12-14-30(3)15-13-22)16-19-4-8-21(26)9-5-19/h4-11,18,22H,12-17H2,1-3H3,(H,27,28,29). The second-order valence-electron chi connectivity index (χ2n) is 9.02. The van der Waals surface area contributed by atoms with E-state index in [9.17, 15) is 4.39 Å². The second kappa shape index (κ2) is 10.1. The van der Waals surface area contributed by atoms with Crippen molar-refractivity contribution in [3.8, 4) is 17.1 Å². The van der Waals surface area contributed by atoms with Gasteiger partial charge in [0.1, 0.15) is 11.6 Å². The summed E-state index contributed by atoms with van der Waals surface area (Å²) in [5.74, 6) is 2.60.